The SMILES string of the molecule is CCN(CC)C(=O)CNC(=O)C(C)(CC)CN. The van der Waals surface area contributed by atoms with Gasteiger partial charge in [0.2, 0.25) is 11.8 Å². The van der Waals surface area contributed by atoms with Gasteiger partial charge in [0.25, 0.3) is 0 Å². The molecule has 0 saturated carbocycles. The van der Waals surface area contributed by atoms with Crippen molar-refractivity contribution in [3.63, 3.8) is 0 Å². The van der Waals surface area contributed by atoms with Crippen LogP contribution in [0.15, 0.2) is 0 Å². The van der Waals surface area contributed by atoms with Gasteiger partial charge in [0, 0.05) is 19.6 Å². The Kier molecular flexibility index (Phi) is 6.80. The Morgan fingerprint density at radius 1 is 1.24 bits per heavy atom. The van der Waals surface area contributed by atoms with E-state index in [-0.39, 0.29) is 24.9 Å². The molecule has 0 aromatic heterocycles. The highest BCUT2D eigenvalue weighted by molar-refractivity contribution is 5.87. The molecule has 0 aliphatic rings. The minimum absolute atomic E-state index is 0.0517. The van der Waals surface area contributed by atoms with Gasteiger partial charge in [-0.3, -0.25) is 9.59 Å². The monoisotopic (exact) mass is 243 g/mol. The van der Waals surface area contributed by atoms with Crippen molar-refractivity contribution in [1.29, 1.82) is 0 Å². The Balaban J connectivity index is 4.29. The number of nitrogens with zero attached hydrogens (tertiary/aromatic N) is 1. The van der Waals surface area contributed by atoms with E-state index in [0.717, 1.165) is 0 Å². The molecular formula is C12H25N3O2. The van der Waals surface area contributed by atoms with E-state index in [0.29, 0.717) is 19.5 Å². The predicted molar refractivity (Wildman–Crippen MR) is 68.4 cm³/mol. The standard InChI is InChI=1S/C12H25N3O2/c1-5-12(4,9-13)11(17)14-8-10(16)15(6-2)7-3/h5-9,13H2,1-4H3,(H,14,17). The fourth-order valence-corrected chi connectivity index (χ4v) is 1.45. The lowest BCUT2D eigenvalue weighted by Crippen LogP contribution is -2.47. The molecule has 2 amide bonds. The van der Waals surface area contributed by atoms with Gasteiger partial charge >= 0.3 is 0 Å². The Labute approximate surface area is 104 Å². The van der Waals surface area contributed by atoms with E-state index < -0.39 is 5.41 Å². The van der Waals surface area contributed by atoms with Crippen LogP contribution in [0.4, 0.5) is 0 Å². The quantitative estimate of drug-likeness (QED) is 0.677. The van der Waals surface area contributed by atoms with Crippen molar-refractivity contribution in [3.05, 3.63) is 0 Å². The van der Waals surface area contributed by atoms with Crippen LogP contribution in [0, 0.1) is 5.41 Å². The van der Waals surface area contributed by atoms with Gasteiger partial charge in [-0.05, 0) is 27.2 Å². The lowest BCUT2D eigenvalue weighted by Gasteiger charge is -2.26. The summed E-state index contributed by atoms with van der Waals surface area (Å²) >= 11 is 0. The van der Waals surface area contributed by atoms with Crippen LogP contribution in [0.25, 0.3) is 0 Å². The van der Waals surface area contributed by atoms with Gasteiger partial charge in [-0.2, -0.15) is 0 Å². The highest BCUT2D eigenvalue weighted by Gasteiger charge is 2.29. The van der Waals surface area contributed by atoms with E-state index in [2.05, 4.69) is 5.32 Å². The summed E-state index contributed by atoms with van der Waals surface area (Å²) in [7, 11) is 0. The van der Waals surface area contributed by atoms with Crippen molar-refractivity contribution in [3.8, 4) is 0 Å². The van der Waals surface area contributed by atoms with Crippen molar-refractivity contribution in [2.45, 2.75) is 34.1 Å². The summed E-state index contributed by atoms with van der Waals surface area (Å²) in [5, 5.41) is 2.66. The average Bonchev–Trinajstić information content (AvgIpc) is 2.36. The fourth-order valence-electron chi connectivity index (χ4n) is 1.45. The molecule has 0 aliphatic heterocycles. The largest absolute Gasteiger partial charge is 0.347 e. The van der Waals surface area contributed by atoms with Crippen LogP contribution in [-0.2, 0) is 9.59 Å². The second-order valence-electron chi connectivity index (χ2n) is 4.37. The number of likely N-dealkylation sites (N-methyl/N-ethyl adjacent to an activating group) is 1. The molecule has 0 heterocycles. The van der Waals surface area contributed by atoms with E-state index in [4.69, 9.17) is 5.73 Å². The van der Waals surface area contributed by atoms with Crippen LogP contribution in [0.2, 0.25) is 0 Å². The number of hydrogen-bond donors (Lipinski definition) is 2. The van der Waals surface area contributed by atoms with Gasteiger partial charge < -0.3 is 16.0 Å². The third kappa shape index (κ3) is 4.34. The summed E-state index contributed by atoms with van der Waals surface area (Å²) in [5.74, 6) is -0.207. The summed E-state index contributed by atoms with van der Waals surface area (Å²) in [6.45, 7) is 9.21. The maximum Gasteiger partial charge on any atom is 0.241 e. The molecule has 5 nitrogen and oxygen atoms in total. The number of hydrogen-bond acceptors (Lipinski definition) is 3. The normalized spacial score (nSPS) is 13.9. The van der Waals surface area contributed by atoms with E-state index >= 15 is 0 Å². The molecule has 0 bridgehead atoms. The number of rotatable bonds is 7. The second kappa shape index (κ2) is 7.27. The van der Waals surface area contributed by atoms with E-state index in [1.807, 2.05) is 27.7 Å². The molecule has 1 atom stereocenters. The lowest BCUT2D eigenvalue weighted by atomic mass is 9.87. The fraction of sp³-hybridized carbons (Fsp3) is 0.833. The van der Waals surface area contributed by atoms with Crippen LogP contribution in [-0.4, -0.2) is 42.9 Å². The summed E-state index contributed by atoms with van der Waals surface area (Å²) in [6.07, 6.45) is 0.662. The molecule has 100 valence electrons. The molecule has 0 radical (unpaired) electrons. The minimum atomic E-state index is -0.580. The molecule has 5 heteroatoms. The first-order valence-corrected chi connectivity index (χ1v) is 6.21. The average molecular weight is 243 g/mol. The van der Waals surface area contributed by atoms with Crippen molar-refractivity contribution >= 4 is 11.8 Å². The number of amides is 2. The van der Waals surface area contributed by atoms with E-state index in [1.54, 1.807) is 4.90 Å². The van der Waals surface area contributed by atoms with Crippen LogP contribution in [0.5, 0.6) is 0 Å². The molecule has 1 unspecified atom stereocenters. The van der Waals surface area contributed by atoms with Crippen molar-refractivity contribution in [2.24, 2.45) is 11.1 Å². The molecule has 0 aliphatic carbocycles. The minimum Gasteiger partial charge on any atom is -0.347 e. The molecule has 0 aromatic carbocycles. The Morgan fingerprint density at radius 3 is 2.12 bits per heavy atom. The zero-order valence-corrected chi connectivity index (χ0v) is 11.4. The second-order valence-corrected chi connectivity index (χ2v) is 4.37. The zero-order valence-electron chi connectivity index (χ0n) is 11.4. The molecular weight excluding hydrogens is 218 g/mol. The highest BCUT2D eigenvalue weighted by atomic mass is 16.2. The van der Waals surface area contributed by atoms with Crippen LogP contribution >= 0.6 is 0 Å². The third-order valence-corrected chi connectivity index (χ3v) is 3.30. The maximum absolute atomic E-state index is 11.9. The number of nitrogens with two attached hydrogens (primary N) is 1. The van der Waals surface area contributed by atoms with E-state index in [9.17, 15) is 9.59 Å². The van der Waals surface area contributed by atoms with Gasteiger partial charge in [0.05, 0.1) is 12.0 Å². The summed E-state index contributed by atoms with van der Waals surface area (Å²) in [5.41, 5.74) is 5.00. The van der Waals surface area contributed by atoms with Crippen molar-refractivity contribution < 1.29 is 9.59 Å². The number of carbonyl (C=O) groups excluding carboxylic acids is 2. The zero-order chi connectivity index (χ0) is 13.5. The molecule has 0 saturated heterocycles. The smallest absolute Gasteiger partial charge is 0.241 e. The van der Waals surface area contributed by atoms with Gasteiger partial charge in [-0.15, -0.1) is 0 Å². The van der Waals surface area contributed by atoms with Gasteiger partial charge in [-0.25, -0.2) is 0 Å². The third-order valence-electron chi connectivity index (χ3n) is 3.30. The van der Waals surface area contributed by atoms with Crippen molar-refractivity contribution in [1.82, 2.24) is 10.2 Å². The predicted octanol–water partition coefficient (Wildman–Crippen LogP) is 0.346. The molecule has 0 fully saturated rings. The first kappa shape index (κ1) is 15.9. The van der Waals surface area contributed by atoms with Crippen LogP contribution in [0.1, 0.15) is 34.1 Å². The van der Waals surface area contributed by atoms with Crippen LogP contribution < -0.4 is 11.1 Å². The summed E-state index contributed by atoms with van der Waals surface area (Å²) < 4.78 is 0. The first-order valence-electron chi connectivity index (χ1n) is 6.21. The van der Waals surface area contributed by atoms with E-state index in [1.165, 1.54) is 0 Å². The van der Waals surface area contributed by atoms with Crippen LogP contribution in [0.3, 0.4) is 0 Å². The highest BCUT2D eigenvalue weighted by Crippen LogP contribution is 2.18. The molecule has 3 N–H and O–H groups in total. The molecule has 0 aromatic rings. The van der Waals surface area contributed by atoms with Gasteiger partial charge in [-0.1, -0.05) is 6.92 Å². The summed E-state index contributed by atoms with van der Waals surface area (Å²) in [4.78, 5) is 25.2. The number of nitrogens with one attached hydrogen (secondary N) is 1. The lowest BCUT2D eigenvalue weighted by molar-refractivity contribution is -0.135. The van der Waals surface area contributed by atoms with Crippen molar-refractivity contribution in [2.75, 3.05) is 26.2 Å². The Bertz CT molecular complexity index is 258. The maximum atomic E-state index is 11.9. The molecule has 0 rings (SSSR count). The summed E-state index contributed by atoms with van der Waals surface area (Å²) in [6, 6.07) is 0. The van der Waals surface area contributed by atoms with Gasteiger partial charge in [0.1, 0.15) is 0 Å². The number of carbonyl (C=O) groups is 2. The topological polar surface area (TPSA) is 75.4 Å². The molecule has 17 heavy (non-hydrogen) atoms. The Morgan fingerprint density at radius 2 is 1.76 bits per heavy atom. The first-order chi connectivity index (χ1) is 7.95. The molecule has 0 spiro atoms. The van der Waals surface area contributed by atoms with Gasteiger partial charge in [0.15, 0.2) is 0 Å². The Hall–Kier alpha value is -1.10.